The minimum Gasteiger partial charge on any atom is -0.519 e. The predicted octanol–water partition coefficient (Wildman–Crippen LogP) is 1.21. The van der Waals surface area contributed by atoms with Crippen LogP contribution in [0.1, 0.15) is 37.1 Å². The first kappa shape index (κ1) is 24.1. The molecule has 6 fully saturated rings. The molecule has 12 heteroatoms. The van der Waals surface area contributed by atoms with Gasteiger partial charge in [0.15, 0.2) is 27.2 Å². The third kappa shape index (κ3) is 3.46. The van der Waals surface area contributed by atoms with Gasteiger partial charge >= 0.3 is 0 Å². The first-order valence-electron chi connectivity index (χ1n) is 12.6. The number of imidazole rings is 2. The monoisotopic (exact) mass is 622 g/mol. The average molecular weight is 624 g/mol. The van der Waals surface area contributed by atoms with E-state index in [0.29, 0.717) is 16.0 Å². The number of aromatic nitrogens is 4. The number of ether oxygens (including phenoxy) is 2. The van der Waals surface area contributed by atoms with E-state index in [-0.39, 0.29) is 11.2 Å². The average Bonchev–Trinajstić information content (AvgIpc) is 3.50. The highest BCUT2D eigenvalue weighted by atomic mass is 79.9. The largest absolute Gasteiger partial charge is 0.519 e. The Kier molecular flexibility index (Phi) is 5.22. The second-order valence-corrected chi connectivity index (χ2v) is 12.7. The fourth-order valence-electron chi connectivity index (χ4n) is 7.29. The number of fused-ring (bicyclic) bond motifs is 6. The van der Waals surface area contributed by atoms with E-state index >= 15 is 0 Å². The van der Waals surface area contributed by atoms with Gasteiger partial charge in [-0.25, -0.2) is 0 Å². The molecule has 0 saturated carbocycles. The normalized spacial score (nSPS) is 41.2. The molecular formula is C24H38B2Br2N6O2. The van der Waals surface area contributed by atoms with Crippen molar-refractivity contribution >= 4 is 47.8 Å². The Hall–Kier alpha value is -0.970. The van der Waals surface area contributed by atoms with Crippen LogP contribution in [0.15, 0.2) is 9.21 Å². The third-order valence-electron chi connectivity index (χ3n) is 9.24. The molecule has 0 N–H and O–H groups in total. The zero-order valence-electron chi connectivity index (χ0n) is 19.9. The van der Waals surface area contributed by atoms with Crippen LogP contribution in [-0.4, -0.2) is 94.3 Å². The van der Waals surface area contributed by atoms with Crippen molar-refractivity contribution in [2.75, 3.05) is 39.3 Å². The molecule has 2 atom stereocenters. The number of hydrogen-bond acceptors (Lipinski definition) is 4. The number of halogens is 2. The fraction of sp³-hybridized carbons (Fsp3) is 0.750. The second kappa shape index (κ2) is 7.79. The lowest BCUT2D eigenvalue weighted by Crippen LogP contribution is -2.70. The van der Waals surface area contributed by atoms with E-state index in [4.69, 9.17) is 9.47 Å². The molecule has 196 valence electrons. The molecule has 10 rings (SSSR count). The van der Waals surface area contributed by atoms with Crippen LogP contribution in [0.5, 0.6) is 12.0 Å². The summed E-state index contributed by atoms with van der Waals surface area (Å²) in [5, 5.41) is 0. The topological polar surface area (TPSA) is 54.1 Å². The summed E-state index contributed by atoms with van der Waals surface area (Å²) < 4.78 is 22.2. The van der Waals surface area contributed by atoms with Crippen molar-refractivity contribution in [1.29, 1.82) is 0 Å². The maximum Gasteiger partial charge on any atom is 0.298 e. The summed E-state index contributed by atoms with van der Waals surface area (Å²) in [6.45, 7) is 14.4. The Balaban J connectivity index is 0.000000122. The molecule has 6 saturated heterocycles. The molecule has 0 amide bonds. The van der Waals surface area contributed by atoms with Crippen molar-refractivity contribution < 1.29 is 18.3 Å². The Morgan fingerprint density at radius 1 is 0.806 bits per heavy atom. The number of aryl methyl sites for hydroxylation is 1. The number of nitrogens with zero attached hydrogens (tertiary/aromatic N) is 6. The maximum atomic E-state index is 6.38. The molecule has 0 aromatic carbocycles. The summed E-state index contributed by atoms with van der Waals surface area (Å²) in [5.41, 5.74) is 2.43. The zero-order chi connectivity index (χ0) is 25.1. The molecule has 8 nitrogen and oxygen atoms in total. The molecule has 8 aliphatic heterocycles. The van der Waals surface area contributed by atoms with Crippen LogP contribution in [0.4, 0.5) is 0 Å². The maximum absolute atomic E-state index is 6.38. The van der Waals surface area contributed by atoms with Gasteiger partial charge in [0.05, 0.1) is 37.6 Å². The molecule has 4 bridgehead atoms. The number of rotatable bonds is 0. The van der Waals surface area contributed by atoms with Gasteiger partial charge in [0.1, 0.15) is 9.21 Å². The molecule has 2 spiro atoms. The highest BCUT2D eigenvalue weighted by Gasteiger charge is 2.57. The van der Waals surface area contributed by atoms with Crippen molar-refractivity contribution in [3.8, 4) is 12.0 Å². The minimum absolute atomic E-state index is 0.0802. The van der Waals surface area contributed by atoms with E-state index in [2.05, 4.69) is 57.9 Å². The molecule has 36 heavy (non-hydrogen) atoms. The van der Waals surface area contributed by atoms with Gasteiger partial charge in [0.25, 0.3) is 12.0 Å². The van der Waals surface area contributed by atoms with E-state index < -0.39 is 0 Å². The lowest BCUT2D eigenvalue weighted by molar-refractivity contribution is -0.845. The van der Waals surface area contributed by atoms with Gasteiger partial charge in [-0.15, -0.1) is 0 Å². The SMILES string of the molecule is [BH3-][N+]12CCC(CC1)C1(Cn3c(nc(Br)c3C)O1)C2.[BH3-][N+]12CCC(CC1)C1(Cn3c(nc(C)c3Br)O1)C2. The summed E-state index contributed by atoms with van der Waals surface area (Å²) in [7, 11) is 0.695. The molecule has 2 unspecified atom stereocenters. The quantitative estimate of drug-likeness (QED) is 0.415. The van der Waals surface area contributed by atoms with E-state index in [1.54, 1.807) is 0 Å². The van der Waals surface area contributed by atoms with Gasteiger partial charge in [0, 0.05) is 38.0 Å². The minimum atomic E-state index is 0.0802. The van der Waals surface area contributed by atoms with Crippen LogP contribution in [0.2, 0.25) is 0 Å². The molecule has 2 aromatic heterocycles. The van der Waals surface area contributed by atoms with E-state index in [1.165, 1.54) is 79.4 Å². The van der Waals surface area contributed by atoms with Gasteiger partial charge in [-0.2, -0.15) is 9.97 Å². The number of piperidine rings is 6. The van der Waals surface area contributed by atoms with Crippen molar-refractivity contribution in [1.82, 2.24) is 19.1 Å². The van der Waals surface area contributed by atoms with E-state index in [1.807, 2.05) is 6.92 Å². The highest BCUT2D eigenvalue weighted by Crippen LogP contribution is 2.48. The van der Waals surface area contributed by atoms with Crippen LogP contribution in [0.25, 0.3) is 0 Å². The smallest absolute Gasteiger partial charge is 0.298 e. The van der Waals surface area contributed by atoms with E-state index in [0.717, 1.165) is 51.8 Å². The highest BCUT2D eigenvalue weighted by molar-refractivity contribution is 9.10. The summed E-state index contributed by atoms with van der Waals surface area (Å²) in [4.78, 5) is 9.07. The Morgan fingerprint density at radius 2 is 1.28 bits per heavy atom. The summed E-state index contributed by atoms with van der Waals surface area (Å²) in [6.07, 6.45) is 5.47. The van der Waals surface area contributed by atoms with Crippen molar-refractivity contribution in [2.24, 2.45) is 11.8 Å². The van der Waals surface area contributed by atoms with Crippen molar-refractivity contribution in [3.05, 3.63) is 20.6 Å². The first-order valence-corrected chi connectivity index (χ1v) is 14.2. The summed E-state index contributed by atoms with van der Waals surface area (Å²) >= 11 is 7.15. The Bertz CT molecular complexity index is 1140. The molecule has 0 aliphatic carbocycles. The van der Waals surface area contributed by atoms with Gasteiger partial charge in [-0.1, -0.05) is 0 Å². The fourth-order valence-corrected chi connectivity index (χ4v) is 8.02. The molecule has 8 aliphatic rings. The molecule has 2 aromatic rings. The van der Waals surface area contributed by atoms with Gasteiger partial charge in [-0.3, -0.25) is 9.13 Å². The third-order valence-corrected chi connectivity index (χ3v) is 11.0. The number of hydrogen-bond donors (Lipinski definition) is 0. The van der Waals surface area contributed by atoms with Crippen LogP contribution < -0.4 is 9.47 Å². The predicted molar refractivity (Wildman–Crippen MR) is 151 cm³/mol. The zero-order valence-corrected chi connectivity index (χ0v) is 23.1. The molecular weight excluding hydrogens is 586 g/mol. The first-order chi connectivity index (χ1) is 17.0. The van der Waals surface area contributed by atoms with Crippen molar-refractivity contribution in [2.45, 2.75) is 63.8 Å². The summed E-state index contributed by atoms with van der Waals surface area (Å²) in [5.74, 6) is 1.51. The van der Waals surface area contributed by atoms with Crippen LogP contribution >= 0.6 is 31.9 Å². The molecule has 0 radical (unpaired) electrons. The van der Waals surface area contributed by atoms with Crippen LogP contribution in [0, 0.1) is 25.7 Å². The Morgan fingerprint density at radius 3 is 1.72 bits per heavy atom. The standard InChI is InChI=1S/2C12H19BBrN3O/c1-8-10(14)15-11-16(8)6-12(18-11)7-17(13)4-2-9(12)3-5-17;1-8-10(14)16-6-12(18-11(16)15-8)7-17(13)4-2-9(12)3-5-17/h2*9H,2-7H2,1,13H3. The van der Waals surface area contributed by atoms with Gasteiger partial charge in [0.2, 0.25) is 0 Å². The van der Waals surface area contributed by atoms with E-state index in [9.17, 15) is 0 Å². The summed E-state index contributed by atoms with van der Waals surface area (Å²) in [6, 6.07) is 1.69. The number of quaternary nitrogens is 2. The van der Waals surface area contributed by atoms with Crippen LogP contribution in [-0.2, 0) is 13.1 Å². The van der Waals surface area contributed by atoms with Crippen molar-refractivity contribution in [3.63, 3.8) is 0 Å². The molecule has 10 heterocycles. The lowest BCUT2D eigenvalue weighted by atomic mass is 9.71. The Labute approximate surface area is 232 Å². The van der Waals surface area contributed by atoms with Gasteiger partial charge in [-0.05, 0) is 71.4 Å². The second-order valence-electron chi connectivity index (χ2n) is 11.1. The van der Waals surface area contributed by atoms with Crippen LogP contribution in [0.3, 0.4) is 0 Å². The van der Waals surface area contributed by atoms with Gasteiger partial charge < -0.3 is 18.3 Å². The lowest BCUT2D eigenvalue weighted by Gasteiger charge is -2.60.